The molecule has 5 nitrogen and oxygen atoms in total. The summed E-state index contributed by atoms with van der Waals surface area (Å²) in [4.78, 5) is 0. The van der Waals surface area contributed by atoms with E-state index in [1.165, 1.54) is 0 Å². The fourth-order valence-corrected chi connectivity index (χ4v) is 1.18. The maximum atomic E-state index is 8.66. The molecule has 0 bridgehead atoms. The molecule has 0 aliphatic rings. The van der Waals surface area contributed by atoms with Gasteiger partial charge in [-0.25, -0.2) is 0 Å². The molecule has 0 aliphatic carbocycles. The van der Waals surface area contributed by atoms with E-state index in [4.69, 9.17) is 25.5 Å². The molecule has 0 aromatic rings. The zero-order valence-electron chi connectivity index (χ0n) is 9.80. The van der Waals surface area contributed by atoms with Crippen molar-refractivity contribution >= 4 is 11.8 Å². The molecule has 0 aromatic carbocycles. The summed E-state index contributed by atoms with van der Waals surface area (Å²) in [6.45, 7) is 1.78. The van der Waals surface area contributed by atoms with Crippen molar-refractivity contribution in [1.29, 1.82) is 0 Å². The molecule has 0 spiro atoms. The number of hydrogen-bond acceptors (Lipinski definition) is 6. The van der Waals surface area contributed by atoms with E-state index in [1.807, 2.05) is 6.92 Å². The topological polar surface area (TPSA) is 101 Å². The van der Waals surface area contributed by atoms with Crippen molar-refractivity contribution in [3.63, 3.8) is 0 Å². The van der Waals surface area contributed by atoms with Crippen LogP contribution in [0.15, 0.2) is 0 Å². The highest BCUT2D eigenvalue weighted by Gasteiger charge is 2.24. The molecule has 6 heteroatoms. The Hall–Kier alpha value is 0.150. The van der Waals surface area contributed by atoms with Gasteiger partial charge in [0.1, 0.15) is 0 Å². The monoisotopic (exact) mass is 256 g/mol. The van der Waals surface area contributed by atoms with Crippen molar-refractivity contribution in [2.24, 2.45) is 5.41 Å². The SMILES string of the molecule is CCC(CO)(CO)CO.OCCSCCO. The van der Waals surface area contributed by atoms with Crippen molar-refractivity contribution in [2.45, 2.75) is 13.3 Å². The van der Waals surface area contributed by atoms with E-state index < -0.39 is 5.41 Å². The average Bonchev–Trinajstić information content (AvgIpc) is 2.34. The van der Waals surface area contributed by atoms with Crippen molar-refractivity contribution < 1.29 is 25.5 Å². The Bertz CT molecular complexity index is 109. The van der Waals surface area contributed by atoms with Crippen LogP contribution in [0.1, 0.15) is 13.3 Å². The van der Waals surface area contributed by atoms with Crippen LogP contribution >= 0.6 is 11.8 Å². The van der Waals surface area contributed by atoms with Crippen LogP contribution < -0.4 is 0 Å². The fraction of sp³-hybridized carbons (Fsp3) is 1.00. The number of rotatable bonds is 8. The quantitative estimate of drug-likeness (QED) is 0.360. The minimum atomic E-state index is -0.667. The lowest BCUT2D eigenvalue weighted by atomic mass is 9.88. The Morgan fingerprint density at radius 2 is 1.19 bits per heavy atom. The van der Waals surface area contributed by atoms with Gasteiger partial charge in [-0.05, 0) is 6.42 Å². The van der Waals surface area contributed by atoms with Gasteiger partial charge in [0, 0.05) is 16.9 Å². The van der Waals surface area contributed by atoms with Gasteiger partial charge in [-0.2, -0.15) is 11.8 Å². The van der Waals surface area contributed by atoms with Crippen molar-refractivity contribution in [3.05, 3.63) is 0 Å². The standard InChI is InChI=1S/C6H14O3.C4H10O2S/c1-2-6(3-7,4-8)5-9;5-1-3-7-4-2-6/h7-9H,2-5H2,1H3;5-6H,1-4H2. The predicted octanol–water partition coefficient (Wildman–Crippen LogP) is -0.936. The van der Waals surface area contributed by atoms with E-state index in [-0.39, 0.29) is 33.0 Å². The molecule has 0 saturated heterocycles. The molecule has 0 aromatic heterocycles. The van der Waals surface area contributed by atoms with Crippen molar-refractivity contribution in [1.82, 2.24) is 0 Å². The Labute approximate surface area is 101 Å². The molecule has 0 aliphatic heterocycles. The van der Waals surface area contributed by atoms with Gasteiger partial charge in [-0.1, -0.05) is 6.92 Å². The van der Waals surface area contributed by atoms with Crippen LogP contribution in [0.2, 0.25) is 0 Å². The number of thioether (sulfide) groups is 1. The van der Waals surface area contributed by atoms with Crippen LogP contribution in [0.3, 0.4) is 0 Å². The van der Waals surface area contributed by atoms with Crippen molar-refractivity contribution in [3.8, 4) is 0 Å². The predicted molar refractivity (Wildman–Crippen MR) is 65.5 cm³/mol. The number of aliphatic hydroxyl groups is 5. The van der Waals surface area contributed by atoms with E-state index in [0.717, 1.165) is 11.5 Å². The van der Waals surface area contributed by atoms with Crippen LogP contribution in [0.25, 0.3) is 0 Å². The summed E-state index contributed by atoms with van der Waals surface area (Å²) >= 11 is 1.55. The zero-order valence-corrected chi connectivity index (χ0v) is 10.6. The molecular formula is C10H24O5S. The van der Waals surface area contributed by atoms with Crippen LogP contribution in [0.4, 0.5) is 0 Å². The van der Waals surface area contributed by atoms with E-state index in [9.17, 15) is 0 Å². The summed E-state index contributed by atoms with van der Waals surface area (Å²) < 4.78 is 0. The molecule has 0 fully saturated rings. The first kappa shape index (κ1) is 18.5. The molecule has 0 radical (unpaired) electrons. The summed E-state index contributed by atoms with van der Waals surface area (Å²) in [7, 11) is 0. The summed E-state index contributed by atoms with van der Waals surface area (Å²) in [5.74, 6) is 1.47. The highest BCUT2D eigenvalue weighted by atomic mass is 32.2. The summed E-state index contributed by atoms with van der Waals surface area (Å²) in [6, 6.07) is 0. The minimum Gasteiger partial charge on any atom is -0.396 e. The van der Waals surface area contributed by atoms with Gasteiger partial charge in [-0.15, -0.1) is 0 Å². The highest BCUT2D eigenvalue weighted by molar-refractivity contribution is 7.99. The largest absolute Gasteiger partial charge is 0.396 e. The van der Waals surface area contributed by atoms with E-state index >= 15 is 0 Å². The summed E-state index contributed by atoms with van der Waals surface area (Å²) in [6.07, 6.45) is 0.594. The maximum absolute atomic E-state index is 8.66. The van der Waals surface area contributed by atoms with Crippen LogP contribution in [-0.2, 0) is 0 Å². The van der Waals surface area contributed by atoms with Gasteiger partial charge < -0.3 is 25.5 Å². The molecule has 0 atom stereocenters. The molecule has 5 N–H and O–H groups in total. The van der Waals surface area contributed by atoms with Gasteiger partial charge in [0.2, 0.25) is 0 Å². The third-order valence-corrected chi connectivity index (χ3v) is 3.17. The first-order valence-electron chi connectivity index (χ1n) is 5.28. The van der Waals surface area contributed by atoms with E-state index in [0.29, 0.717) is 6.42 Å². The van der Waals surface area contributed by atoms with Gasteiger partial charge in [0.05, 0.1) is 33.0 Å². The molecule has 0 saturated carbocycles. The number of hydrogen-bond donors (Lipinski definition) is 5. The van der Waals surface area contributed by atoms with Gasteiger partial charge >= 0.3 is 0 Å². The van der Waals surface area contributed by atoms with Gasteiger partial charge in [0.25, 0.3) is 0 Å². The molecule has 0 unspecified atom stereocenters. The van der Waals surface area contributed by atoms with Crippen LogP contribution in [0, 0.1) is 5.41 Å². The third kappa shape index (κ3) is 9.38. The fourth-order valence-electron chi connectivity index (χ4n) is 0.717. The Morgan fingerprint density at radius 3 is 1.31 bits per heavy atom. The highest BCUT2D eigenvalue weighted by Crippen LogP contribution is 2.18. The Morgan fingerprint density at radius 1 is 0.812 bits per heavy atom. The summed E-state index contributed by atoms with van der Waals surface area (Å²) in [5.41, 5.74) is -0.667. The smallest absolute Gasteiger partial charge is 0.0531 e. The second-order valence-electron chi connectivity index (χ2n) is 3.39. The lowest BCUT2D eigenvalue weighted by Gasteiger charge is -2.24. The normalized spacial score (nSPS) is 10.9. The van der Waals surface area contributed by atoms with Gasteiger partial charge in [-0.3, -0.25) is 0 Å². The molecule has 16 heavy (non-hydrogen) atoms. The molecular weight excluding hydrogens is 232 g/mol. The van der Waals surface area contributed by atoms with Gasteiger partial charge in [0.15, 0.2) is 0 Å². The lowest BCUT2D eigenvalue weighted by molar-refractivity contribution is 0.00304. The van der Waals surface area contributed by atoms with E-state index in [2.05, 4.69) is 0 Å². The minimum absolute atomic E-state index is 0.156. The second-order valence-corrected chi connectivity index (χ2v) is 4.61. The summed E-state index contributed by atoms with van der Waals surface area (Å²) in [5, 5.41) is 42.4. The molecule has 0 heterocycles. The first-order valence-corrected chi connectivity index (χ1v) is 6.43. The van der Waals surface area contributed by atoms with Crippen LogP contribution in [0.5, 0.6) is 0 Å². The van der Waals surface area contributed by atoms with E-state index in [1.54, 1.807) is 11.8 Å². The lowest BCUT2D eigenvalue weighted by Crippen LogP contribution is -2.32. The van der Waals surface area contributed by atoms with Crippen LogP contribution in [-0.4, -0.2) is 70.1 Å². The second kappa shape index (κ2) is 13.2. The Balaban J connectivity index is 0. The average molecular weight is 256 g/mol. The molecule has 100 valence electrons. The molecule has 0 rings (SSSR count). The maximum Gasteiger partial charge on any atom is 0.0531 e. The Kier molecular flexibility index (Phi) is 15.3. The van der Waals surface area contributed by atoms with Crippen molar-refractivity contribution in [2.75, 3.05) is 44.5 Å². The molecule has 0 amide bonds. The zero-order chi connectivity index (χ0) is 12.9. The number of aliphatic hydroxyl groups excluding tert-OH is 5. The third-order valence-electron chi connectivity index (χ3n) is 2.23. The first-order chi connectivity index (χ1) is 7.66.